The molecule has 0 unspecified atom stereocenters. The molecule has 22 heavy (non-hydrogen) atoms. The van der Waals surface area contributed by atoms with Crippen LogP contribution in [0.2, 0.25) is 0 Å². The zero-order chi connectivity index (χ0) is 14.8. The summed E-state index contributed by atoms with van der Waals surface area (Å²) in [6.07, 6.45) is 14.7. The molecule has 5 heteroatoms. The molecule has 0 amide bonds. The van der Waals surface area contributed by atoms with Gasteiger partial charge in [-0.2, -0.15) is 0 Å². The molecule has 4 rings (SSSR count). The van der Waals surface area contributed by atoms with Crippen molar-refractivity contribution in [2.75, 3.05) is 10.6 Å². The Hall–Kier alpha value is -2.43. The van der Waals surface area contributed by atoms with Crippen molar-refractivity contribution < 1.29 is 0 Å². The van der Waals surface area contributed by atoms with Gasteiger partial charge in [-0.3, -0.25) is 0 Å². The number of hydrogen-bond donors (Lipinski definition) is 2. The Labute approximate surface area is 129 Å². The van der Waals surface area contributed by atoms with E-state index in [0.717, 1.165) is 42.8 Å². The normalized spacial score (nSPS) is 18.4. The predicted molar refractivity (Wildman–Crippen MR) is 88.9 cm³/mol. The minimum atomic E-state index is 0.401. The lowest BCUT2D eigenvalue weighted by molar-refractivity contribution is 0.766. The van der Waals surface area contributed by atoms with Gasteiger partial charge < -0.3 is 10.6 Å². The van der Waals surface area contributed by atoms with Crippen molar-refractivity contribution in [1.29, 1.82) is 0 Å². The summed E-state index contributed by atoms with van der Waals surface area (Å²) in [6.45, 7) is 0. The van der Waals surface area contributed by atoms with E-state index in [-0.39, 0.29) is 0 Å². The standard InChI is InChI=1S/C17H19N5/c1-2-7-12(6-1)19-16-17(20-13-8-3-4-9-13)22-15-14(21-16)10-5-11-18-15/h1-5,10-13H,6-9H2,(H,19,21)(H,18,20,22). The molecule has 0 saturated carbocycles. The Kier molecular flexibility index (Phi) is 3.46. The van der Waals surface area contributed by atoms with Crippen LogP contribution in [0.25, 0.3) is 11.2 Å². The molecule has 2 aliphatic rings. The van der Waals surface area contributed by atoms with Crippen LogP contribution in [0.15, 0.2) is 42.6 Å². The highest BCUT2D eigenvalue weighted by Gasteiger charge is 2.18. The first-order valence-electron chi connectivity index (χ1n) is 7.84. The first-order chi connectivity index (χ1) is 10.9. The highest BCUT2D eigenvalue weighted by Crippen LogP contribution is 2.26. The third-order valence-corrected chi connectivity index (χ3v) is 4.14. The van der Waals surface area contributed by atoms with Crippen molar-refractivity contribution >= 4 is 22.8 Å². The molecule has 0 fully saturated rings. The number of anilines is 2. The summed E-state index contributed by atoms with van der Waals surface area (Å²) < 4.78 is 0. The van der Waals surface area contributed by atoms with Crippen molar-refractivity contribution in [3.63, 3.8) is 0 Å². The van der Waals surface area contributed by atoms with Crippen LogP contribution in [0, 0.1) is 0 Å². The average molecular weight is 293 g/mol. The second kappa shape index (κ2) is 5.75. The van der Waals surface area contributed by atoms with E-state index in [1.165, 1.54) is 0 Å². The van der Waals surface area contributed by atoms with Gasteiger partial charge in [-0.25, -0.2) is 15.0 Å². The Morgan fingerprint density at radius 3 is 2.05 bits per heavy atom. The van der Waals surface area contributed by atoms with Gasteiger partial charge in [0.2, 0.25) is 0 Å². The zero-order valence-corrected chi connectivity index (χ0v) is 12.4. The quantitative estimate of drug-likeness (QED) is 0.847. The van der Waals surface area contributed by atoms with Crippen LogP contribution in [-0.4, -0.2) is 27.0 Å². The molecule has 0 radical (unpaired) electrons. The monoisotopic (exact) mass is 293 g/mol. The van der Waals surface area contributed by atoms with Crippen LogP contribution in [0.1, 0.15) is 25.7 Å². The molecule has 2 aromatic heterocycles. The third-order valence-electron chi connectivity index (χ3n) is 4.14. The number of nitrogens with zero attached hydrogens (tertiary/aromatic N) is 3. The fourth-order valence-electron chi connectivity index (χ4n) is 2.95. The summed E-state index contributed by atoms with van der Waals surface area (Å²) >= 11 is 0. The second-order valence-corrected chi connectivity index (χ2v) is 5.84. The first-order valence-corrected chi connectivity index (χ1v) is 7.84. The van der Waals surface area contributed by atoms with Crippen LogP contribution in [-0.2, 0) is 0 Å². The summed E-state index contributed by atoms with van der Waals surface area (Å²) in [5.74, 6) is 1.65. The molecule has 2 heterocycles. The molecule has 0 aromatic carbocycles. The summed E-state index contributed by atoms with van der Waals surface area (Å²) in [5, 5.41) is 7.05. The van der Waals surface area contributed by atoms with Gasteiger partial charge in [0.25, 0.3) is 0 Å². The van der Waals surface area contributed by atoms with Gasteiger partial charge in [0, 0.05) is 18.3 Å². The van der Waals surface area contributed by atoms with Gasteiger partial charge in [0.1, 0.15) is 5.52 Å². The number of rotatable bonds is 4. The minimum Gasteiger partial charge on any atom is -0.364 e. The van der Waals surface area contributed by atoms with Crippen molar-refractivity contribution in [1.82, 2.24) is 15.0 Å². The zero-order valence-electron chi connectivity index (χ0n) is 12.4. The topological polar surface area (TPSA) is 62.7 Å². The van der Waals surface area contributed by atoms with Crippen LogP contribution in [0.5, 0.6) is 0 Å². The number of fused-ring (bicyclic) bond motifs is 1. The van der Waals surface area contributed by atoms with Crippen molar-refractivity contribution in [2.45, 2.75) is 37.8 Å². The van der Waals surface area contributed by atoms with Crippen LogP contribution < -0.4 is 10.6 Å². The maximum absolute atomic E-state index is 4.73. The van der Waals surface area contributed by atoms with Gasteiger partial charge >= 0.3 is 0 Å². The summed E-state index contributed by atoms with van der Waals surface area (Å²) in [4.78, 5) is 13.7. The predicted octanol–water partition coefficient (Wildman–Crippen LogP) is 3.29. The van der Waals surface area contributed by atoms with Crippen molar-refractivity contribution in [3.05, 3.63) is 42.6 Å². The van der Waals surface area contributed by atoms with Gasteiger partial charge in [-0.15, -0.1) is 0 Å². The number of pyridine rings is 1. The summed E-state index contributed by atoms with van der Waals surface area (Å²) in [6, 6.07) is 4.66. The lowest BCUT2D eigenvalue weighted by Crippen LogP contribution is -2.22. The molecule has 2 N–H and O–H groups in total. The fraction of sp³-hybridized carbons (Fsp3) is 0.353. The van der Waals surface area contributed by atoms with E-state index in [1.807, 2.05) is 12.1 Å². The smallest absolute Gasteiger partial charge is 0.180 e. The average Bonchev–Trinajstić information content (AvgIpc) is 3.21. The molecule has 112 valence electrons. The number of aromatic nitrogens is 3. The molecular weight excluding hydrogens is 274 g/mol. The van der Waals surface area contributed by atoms with E-state index >= 15 is 0 Å². The highest BCUT2D eigenvalue weighted by molar-refractivity contribution is 5.77. The lowest BCUT2D eigenvalue weighted by atomic mass is 10.2. The van der Waals surface area contributed by atoms with E-state index in [2.05, 4.69) is 44.9 Å². The second-order valence-electron chi connectivity index (χ2n) is 5.84. The molecule has 0 spiro atoms. The van der Waals surface area contributed by atoms with E-state index in [4.69, 9.17) is 4.98 Å². The van der Waals surface area contributed by atoms with E-state index in [1.54, 1.807) is 6.20 Å². The molecule has 0 aliphatic heterocycles. The molecule has 0 atom stereocenters. The van der Waals surface area contributed by atoms with Crippen LogP contribution >= 0.6 is 0 Å². The molecule has 0 saturated heterocycles. The lowest BCUT2D eigenvalue weighted by Gasteiger charge is -2.19. The SMILES string of the molecule is C1=CCC(Nc2nc3cccnc3nc2NC2CC=CC2)C1. The Bertz CT molecular complexity index is 658. The van der Waals surface area contributed by atoms with E-state index in [0.29, 0.717) is 17.7 Å². The Morgan fingerprint density at radius 2 is 1.41 bits per heavy atom. The Morgan fingerprint density at radius 1 is 0.818 bits per heavy atom. The summed E-state index contributed by atoms with van der Waals surface area (Å²) in [5.41, 5.74) is 1.51. The van der Waals surface area contributed by atoms with Gasteiger partial charge in [0.15, 0.2) is 17.3 Å². The van der Waals surface area contributed by atoms with E-state index < -0.39 is 0 Å². The number of hydrogen-bond acceptors (Lipinski definition) is 5. The van der Waals surface area contributed by atoms with Gasteiger partial charge in [-0.05, 0) is 37.8 Å². The van der Waals surface area contributed by atoms with Crippen LogP contribution in [0.3, 0.4) is 0 Å². The van der Waals surface area contributed by atoms with Crippen molar-refractivity contribution in [3.8, 4) is 0 Å². The molecule has 2 aliphatic carbocycles. The fourth-order valence-corrected chi connectivity index (χ4v) is 2.95. The third kappa shape index (κ3) is 2.66. The van der Waals surface area contributed by atoms with Crippen LogP contribution in [0.4, 0.5) is 11.6 Å². The molecular formula is C17H19N5. The summed E-state index contributed by atoms with van der Waals surface area (Å²) in [7, 11) is 0. The maximum atomic E-state index is 4.73. The largest absolute Gasteiger partial charge is 0.364 e. The molecule has 0 bridgehead atoms. The van der Waals surface area contributed by atoms with Gasteiger partial charge in [0.05, 0.1) is 0 Å². The molecule has 5 nitrogen and oxygen atoms in total. The first kappa shape index (κ1) is 13.2. The Balaban J connectivity index is 1.66. The highest BCUT2D eigenvalue weighted by atomic mass is 15.1. The molecule has 2 aromatic rings. The van der Waals surface area contributed by atoms with Crippen molar-refractivity contribution in [2.24, 2.45) is 0 Å². The minimum absolute atomic E-state index is 0.401. The van der Waals surface area contributed by atoms with E-state index in [9.17, 15) is 0 Å². The number of nitrogens with one attached hydrogen (secondary N) is 2. The van der Waals surface area contributed by atoms with Gasteiger partial charge in [-0.1, -0.05) is 24.3 Å². The maximum Gasteiger partial charge on any atom is 0.180 e.